The number of primary amides is 1. The number of carbonyl (C=O) groups excluding carboxylic acids is 3. The molecular weight excluding hydrogens is 367 g/mol. The molecule has 0 saturated heterocycles. The van der Waals surface area contributed by atoms with E-state index in [2.05, 4.69) is 5.32 Å². The van der Waals surface area contributed by atoms with Crippen molar-refractivity contribution in [1.82, 2.24) is 5.32 Å². The van der Waals surface area contributed by atoms with Crippen LogP contribution in [0.1, 0.15) is 18.9 Å². The Kier molecular flexibility index (Phi) is 7.04. The van der Waals surface area contributed by atoms with E-state index in [-0.39, 0.29) is 18.0 Å². The number of alkyl halides is 3. The quantitative estimate of drug-likeness (QED) is 0.656. The average Bonchev–Trinajstić information content (AvgIpc) is 2.47. The van der Waals surface area contributed by atoms with E-state index in [1.165, 1.54) is 13.0 Å². The standard InChI is InChI=1S/C14H15ClF3N3O4/c1-7(25-11(22)4-5-20-13(19)24)12(23)21-10-3-2-8(15)6-9(10)14(16,17)18/h2-3,6-7H,4-5H2,1H3,(H,21,23)(H3,19,20,24)/t7-/m0/s1. The van der Waals surface area contributed by atoms with E-state index in [4.69, 9.17) is 22.1 Å². The van der Waals surface area contributed by atoms with Crippen molar-refractivity contribution in [2.75, 3.05) is 11.9 Å². The Bertz CT molecular complexity index is 667. The number of hydrogen-bond acceptors (Lipinski definition) is 4. The van der Waals surface area contributed by atoms with Crippen molar-refractivity contribution in [3.05, 3.63) is 28.8 Å². The highest BCUT2D eigenvalue weighted by atomic mass is 35.5. The molecule has 7 nitrogen and oxygen atoms in total. The number of halogens is 4. The molecular formula is C14H15ClF3N3O4. The van der Waals surface area contributed by atoms with Crippen LogP contribution < -0.4 is 16.4 Å². The zero-order valence-corrected chi connectivity index (χ0v) is 13.7. The van der Waals surface area contributed by atoms with Gasteiger partial charge in [0.2, 0.25) is 0 Å². The number of carbonyl (C=O) groups is 3. The molecule has 0 unspecified atom stereocenters. The van der Waals surface area contributed by atoms with Crippen LogP contribution in [0.4, 0.5) is 23.7 Å². The zero-order valence-electron chi connectivity index (χ0n) is 12.9. The third-order valence-corrected chi connectivity index (χ3v) is 3.09. The van der Waals surface area contributed by atoms with Crippen molar-refractivity contribution in [1.29, 1.82) is 0 Å². The summed E-state index contributed by atoms with van der Waals surface area (Å²) in [6.07, 6.45) is -6.33. The van der Waals surface area contributed by atoms with Crippen molar-refractivity contribution in [2.24, 2.45) is 5.73 Å². The van der Waals surface area contributed by atoms with E-state index in [1.54, 1.807) is 0 Å². The fourth-order valence-corrected chi connectivity index (χ4v) is 1.86. The maximum absolute atomic E-state index is 13.0. The first-order valence-electron chi connectivity index (χ1n) is 6.91. The number of ether oxygens (including phenoxy) is 1. The largest absolute Gasteiger partial charge is 0.452 e. The van der Waals surface area contributed by atoms with Crippen LogP contribution >= 0.6 is 11.6 Å². The van der Waals surface area contributed by atoms with Gasteiger partial charge in [0.05, 0.1) is 17.7 Å². The van der Waals surface area contributed by atoms with Gasteiger partial charge in [0.15, 0.2) is 6.10 Å². The molecule has 138 valence electrons. The van der Waals surface area contributed by atoms with Gasteiger partial charge in [0.25, 0.3) is 5.91 Å². The van der Waals surface area contributed by atoms with Crippen LogP contribution in [0, 0.1) is 0 Å². The molecule has 0 bridgehead atoms. The predicted molar refractivity (Wildman–Crippen MR) is 82.8 cm³/mol. The van der Waals surface area contributed by atoms with Crippen LogP contribution in [0.5, 0.6) is 0 Å². The Morgan fingerprint density at radius 1 is 1.32 bits per heavy atom. The van der Waals surface area contributed by atoms with Gasteiger partial charge in [0, 0.05) is 11.6 Å². The lowest BCUT2D eigenvalue weighted by molar-refractivity contribution is -0.153. The van der Waals surface area contributed by atoms with Gasteiger partial charge in [-0.25, -0.2) is 4.79 Å². The Labute approximate surface area is 145 Å². The van der Waals surface area contributed by atoms with Gasteiger partial charge >= 0.3 is 18.2 Å². The van der Waals surface area contributed by atoms with Crippen molar-refractivity contribution in [3.63, 3.8) is 0 Å². The minimum absolute atomic E-state index is 0.0993. The minimum Gasteiger partial charge on any atom is -0.452 e. The van der Waals surface area contributed by atoms with Crippen LogP contribution in [0.15, 0.2) is 18.2 Å². The van der Waals surface area contributed by atoms with E-state index in [0.717, 1.165) is 6.07 Å². The molecule has 11 heteroatoms. The molecule has 0 heterocycles. The number of nitrogens with two attached hydrogens (primary N) is 1. The van der Waals surface area contributed by atoms with Gasteiger partial charge in [-0.15, -0.1) is 0 Å². The summed E-state index contributed by atoms with van der Waals surface area (Å²) in [7, 11) is 0. The van der Waals surface area contributed by atoms with Gasteiger partial charge in [-0.1, -0.05) is 11.6 Å². The highest BCUT2D eigenvalue weighted by molar-refractivity contribution is 6.30. The Morgan fingerprint density at radius 2 is 1.96 bits per heavy atom. The van der Waals surface area contributed by atoms with Gasteiger partial charge in [-0.2, -0.15) is 13.2 Å². The van der Waals surface area contributed by atoms with Crippen LogP contribution in [0.25, 0.3) is 0 Å². The van der Waals surface area contributed by atoms with Crippen LogP contribution in [0.3, 0.4) is 0 Å². The Balaban J connectivity index is 2.70. The molecule has 3 amide bonds. The molecule has 1 atom stereocenters. The fraction of sp³-hybridized carbons (Fsp3) is 0.357. The second-order valence-electron chi connectivity index (χ2n) is 4.85. The maximum atomic E-state index is 13.0. The Morgan fingerprint density at radius 3 is 2.52 bits per heavy atom. The Hall–Kier alpha value is -2.49. The molecule has 1 aromatic rings. The van der Waals surface area contributed by atoms with Gasteiger partial charge < -0.3 is 21.1 Å². The summed E-state index contributed by atoms with van der Waals surface area (Å²) in [6.45, 7) is 1.09. The highest BCUT2D eigenvalue weighted by Crippen LogP contribution is 2.36. The molecule has 25 heavy (non-hydrogen) atoms. The molecule has 1 aromatic carbocycles. The summed E-state index contributed by atoms with van der Waals surface area (Å²) < 4.78 is 43.6. The molecule has 0 fully saturated rings. The lowest BCUT2D eigenvalue weighted by atomic mass is 10.1. The van der Waals surface area contributed by atoms with Crippen molar-refractivity contribution in [3.8, 4) is 0 Å². The van der Waals surface area contributed by atoms with Crippen molar-refractivity contribution in [2.45, 2.75) is 25.6 Å². The third kappa shape index (κ3) is 6.87. The number of benzene rings is 1. The SMILES string of the molecule is C[C@H](OC(=O)CCNC(N)=O)C(=O)Nc1ccc(Cl)cc1C(F)(F)F. The van der Waals surface area contributed by atoms with E-state index in [9.17, 15) is 27.6 Å². The second kappa shape index (κ2) is 8.56. The van der Waals surface area contributed by atoms with Gasteiger partial charge in [-0.3, -0.25) is 9.59 Å². The number of nitrogens with one attached hydrogen (secondary N) is 2. The summed E-state index contributed by atoms with van der Waals surface area (Å²) in [5, 5.41) is 4.04. The lowest BCUT2D eigenvalue weighted by Crippen LogP contribution is -2.34. The van der Waals surface area contributed by atoms with Crippen molar-refractivity contribution < 1.29 is 32.3 Å². The van der Waals surface area contributed by atoms with E-state index in [1.807, 2.05) is 5.32 Å². The number of hydrogen-bond donors (Lipinski definition) is 3. The predicted octanol–water partition coefficient (Wildman–Crippen LogP) is 2.29. The van der Waals surface area contributed by atoms with Crippen LogP contribution in [-0.2, 0) is 20.5 Å². The fourth-order valence-electron chi connectivity index (χ4n) is 1.69. The molecule has 0 aliphatic carbocycles. The smallest absolute Gasteiger partial charge is 0.418 e. The number of anilines is 1. The number of rotatable bonds is 6. The molecule has 0 radical (unpaired) electrons. The average molecular weight is 382 g/mol. The molecule has 0 aromatic heterocycles. The number of urea groups is 1. The number of esters is 1. The summed E-state index contributed by atoms with van der Waals surface area (Å²) in [6, 6.07) is 2.01. The highest BCUT2D eigenvalue weighted by Gasteiger charge is 2.34. The minimum atomic E-state index is -4.73. The molecule has 4 N–H and O–H groups in total. The lowest BCUT2D eigenvalue weighted by Gasteiger charge is -2.17. The van der Waals surface area contributed by atoms with Gasteiger partial charge in [0.1, 0.15) is 0 Å². The number of amides is 3. The van der Waals surface area contributed by atoms with Crippen LogP contribution in [-0.4, -0.2) is 30.6 Å². The summed E-state index contributed by atoms with van der Waals surface area (Å²) in [4.78, 5) is 33.8. The monoisotopic (exact) mass is 381 g/mol. The summed E-state index contributed by atoms with van der Waals surface area (Å²) in [5.74, 6) is -1.78. The summed E-state index contributed by atoms with van der Waals surface area (Å²) >= 11 is 5.54. The van der Waals surface area contributed by atoms with Crippen LogP contribution in [0.2, 0.25) is 5.02 Å². The molecule has 0 aliphatic heterocycles. The first-order valence-corrected chi connectivity index (χ1v) is 7.29. The molecule has 0 aliphatic rings. The normalized spacial score (nSPS) is 12.2. The first kappa shape index (κ1) is 20.6. The third-order valence-electron chi connectivity index (χ3n) is 2.85. The van der Waals surface area contributed by atoms with Crippen molar-refractivity contribution >= 4 is 35.2 Å². The van der Waals surface area contributed by atoms with E-state index < -0.39 is 41.4 Å². The van der Waals surface area contributed by atoms with E-state index >= 15 is 0 Å². The molecule has 0 spiro atoms. The van der Waals surface area contributed by atoms with Gasteiger partial charge in [-0.05, 0) is 25.1 Å². The summed E-state index contributed by atoms with van der Waals surface area (Å²) in [5.41, 5.74) is 3.17. The topological polar surface area (TPSA) is 111 Å². The molecule has 0 saturated carbocycles. The molecule has 1 rings (SSSR count). The zero-order chi connectivity index (χ0) is 19.2. The van der Waals surface area contributed by atoms with E-state index in [0.29, 0.717) is 6.07 Å². The second-order valence-corrected chi connectivity index (χ2v) is 5.29. The first-order chi connectivity index (χ1) is 11.5. The maximum Gasteiger partial charge on any atom is 0.418 e.